The molecule has 1 heterocycles. The summed E-state index contributed by atoms with van der Waals surface area (Å²) in [5, 5.41) is 7.07. The first-order valence-corrected chi connectivity index (χ1v) is 7.75. The molecule has 23 heavy (non-hydrogen) atoms. The van der Waals surface area contributed by atoms with Crippen LogP contribution in [-0.2, 0) is 11.3 Å². The standard InChI is InChI=1S/C17H22FN3O2/c1-13(2)10-19-17(22)4-3-9-21-12-16(11-20-21)23-15-7-5-14(18)6-8-15/h5-8,11-13H,3-4,9-10H2,1-2H3,(H,19,22). The molecule has 0 fully saturated rings. The largest absolute Gasteiger partial charge is 0.454 e. The van der Waals surface area contributed by atoms with Gasteiger partial charge in [0.1, 0.15) is 11.6 Å². The van der Waals surface area contributed by atoms with Gasteiger partial charge < -0.3 is 10.1 Å². The molecule has 0 aliphatic heterocycles. The van der Waals surface area contributed by atoms with Gasteiger partial charge in [-0.3, -0.25) is 9.48 Å². The highest BCUT2D eigenvalue weighted by atomic mass is 19.1. The average molecular weight is 319 g/mol. The van der Waals surface area contributed by atoms with Gasteiger partial charge >= 0.3 is 0 Å². The number of rotatable bonds is 8. The van der Waals surface area contributed by atoms with E-state index in [0.717, 1.165) is 0 Å². The third-order valence-corrected chi connectivity index (χ3v) is 3.16. The van der Waals surface area contributed by atoms with Crippen LogP contribution in [0.3, 0.4) is 0 Å². The van der Waals surface area contributed by atoms with Gasteiger partial charge in [0.25, 0.3) is 0 Å². The summed E-state index contributed by atoms with van der Waals surface area (Å²) >= 11 is 0. The molecule has 0 spiro atoms. The number of nitrogens with zero attached hydrogens (tertiary/aromatic N) is 2. The van der Waals surface area contributed by atoms with Crippen molar-refractivity contribution < 1.29 is 13.9 Å². The smallest absolute Gasteiger partial charge is 0.220 e. The van der Waals surface area contributed by atoms with E-state index in [2.05, 4.69) is 24.3 Å². The fourth-order valence-corrected chi connectivity index (χ4v) is 1.97. The van der Waals surface area contributed by atoms with Gasteiger partial charge in [0.05, 0.1) is 12.4 Å². The number of benzene rings is 1. The molecule has 2 aromatic rings. The molecule has 0 aliphatic carbocycles. The minimum Gasteiger partial charge on any atom is -0.454 e. The molecule has 1 aromatic carbocycles. The van der Waals surface area contributed by atoms with Crippen LogP contribution in [0.5, 0.6) is 11.5 Å². The Bertz CT molecular complexity index is 623. The average Bonchev–Trinajstić information content (AvgIpc) is 2.95. The van der Waals surface area contributed by atoms with Crippen molar-refractivity contribution in [2.24, 2.45) is 5.92 Å². The van der Waals surface area contributed by atoms with E-state index in [1.54, 1.807) is 29.2 Å². The molecule has 6 heteroatoms. The van der Waals surface area contributed by atoms with Gasteiger partial charge in [-0.1, -0.05) is 13.8 Å². The summed E-state index contributed by atoms with van der Waals surface area (Å²) in [6, 6.07) is 5.81. The summed E-state index contributed by atoms with van der Waals surface area (Å²) in [5.74, 6) is 1.36. The molecule has 1 N–H and O–H groups in total. The molecule has 0 aliphatic rings. The highest BCUT2D eigenvalue weighted by Gasteiger charge is 2.05. The number of aryl methyl sites for hydroxylation is 1. The van der Waals surface area contributed by atoms with Crippen LogP contribution in [0, 0.1) is 11.7 Å². The molecule has 0 bridgehead atoms. The number of carbonyl (C=O) groups is 1. The number of hydrogen-bond acceptors (Lipinski definition) is 3. The Morgan fingerprint density at radius 1 is 1.30 bits per heavy atom. The topological polar surface area (TPSA) is 56.2 Å². The minimum absolute atomic E-state index is 0.0636. The van der Waals surface area contributed by atoms with Gasteiger partial charge in [-0.15, -0.1) is 0 Å². The highest BCUT2D eigenvalue weighted by molar-refractivity contribution is 5.75. The van der Waals surface area contributed by atoms with Crippen LogP contribution in [0.15, 0.2) is 36.7 Å². The number of aromatic nitrogens is 2. The molecule has 1 aromatic heterocycles. The Hall–Kier alpha value is -2.37. The fraction of sp³-hybridized carbons (Fsp3) is 0.412. The minimum atomic E-state index is -0.302. The SMILES string of the molecule is CC(C)CNC(=O)CCCn1cc(Oc2ccc(F)cc2)cn1. The molecule has 0 atom stereocenters. The Labute approximate surface area is 135 Å². The van der Waals surface area contributed by atoms with E-state index in [0.29, 0.717) is 43.3 Å². The molecule has 0 saturated carbocycles. The Morgan fingerprint density at radius 2 is 2.04 bits per heavy atom. The molecule has 0 saturated heterocycles. The zero-order chi connectivity index (χ0) is 16.7. The van der Waals surface area contributed by atoms with Crippen molar-refractivity contribution in [3.8, 4) is 11.5 Å². The number of carbonyl (C=O) groups excluding carboxylic acids is 1. The van der Waals surface area contributed by atoms with E-state index in [1.807, 2.05) is 0 Å². The van der Waals surface area contributed by atoms with Gasteiger partial charge in [-0.2, -0.15) is 5.10 Å². The first-order chi connectivity index (χ1) is 11.0. The Morgan fingerprint density at radius 3 is 2.74 bits per heavy atom. The quantitative estimate of drug-likeness (QED) is 0.811. The maximum Gasteiger partial charge on any atom is 0.220 e. The maximum absolute atomic E-state index is 12.8. The van der Waals surface area contributed by atoms with Crippen molar-refractivity contribution in [1.82, 2.24) is 15.1 Å². The van der Waals surface area contributed by atoms with Crippen LogP contribution in [0.1, 0.15) is 26.7 Å². The number of ether oxygens (including phenoxy) is 1. The summed E-state index contributed by atoms with van der Waals surface area (Å²) in [7, 11) is 0. The van der Waals surface area contributed by atoms with E-state index < -0.39 is 0 Å². The molecular weight excluding hydrogens is 297 g/mol. The van der Waals surface area contributed by atoms with Crippen molar-refractivity contribution in [2.45, 2.75) is 33.2 Å². The second-order valence-electron chi connectivity index (χ2n) is 5.80. The lowest BCUT2D eigenvalue weighted by molar-refractivity contribution is -0.121. The van der Waals surface area contributed by atoms with Crippen LogP contribution in [0.25, 0.3) is 0 Å². The lowest BCUT2D eigenvalue weighted by atomic mass is 10.2. The monoisotopic (exact) mass is 319 g/mol. The molecular formula is C17H22FN3O2. The van der Waals surface area contributed by atoms with Gasteiger partial charge in [-0.05, 0) is 36.6 Å². The summed E-state index contributed by atoms with van der Waals surface area (Å²) in [6.07, 6.45) is 4.54. The lowest BCUT2D eigenvalue weighted by Gasteiger charge is -2.07. The Kier molecular flexibility index (Phi) is 6.14. The van der Waals surface area contributed by atoms with Gasteiger partial charge in [0, 0.05) is 19.5 Å². The van der Waals surface area contributed by atoms with Crippen LogP contribution in [-0.4, -0.2) is 22.2 Å². The van der Waals surface area contributed by atoms with Crippen LogP contribution < -0.4 is 10.1 Å². The third-order valence-electron chi connectivity index (χ3n) is 3.16. The molecule has 124 valence electrons. The van der Waals surface area contributed by atoms with Crippen molar-refractivity contribution in [3.05, 3.63) is 42.5 Å². The lowest BCUT2D eigenvalue weighted by Crippen LogP contribution is -2.27. The summed E-state index contributed by atoms with van der Waals surface area (Å²) in [6.45, 7) is 5.47. The molecule has 2 rings (SSSR count). The number of amides is 1. The number of nitrogens with one attached hydrogen (secondary N) is 1. The molecule has 0 unspecified atom stereocenters. The van der Waals surface area contributed by atoms with Gasteiger partial charge in [0.2, 0.25) is 5.91 Å². The zero-order valence-electron chi connectivity index (χ0n) is 13.5. The summed E-state index contributed by atoms with van der Waals surface area (Å²) < 4.78 is 20.1. The van der Waals surface area contributed by atoms with E-state index in [9.17, 15) is 9.18 Å². The second kappa shape index (κ2) is 8.31. The van der Waals surface area contributed by atoms with Crippen molar-refractivity contribution in [2.75, 3.05) is 6.54 Å². The summed E-state index contributed by atoms with van der Waals surface area (Å²) in [5.41, 5.74) is 0. The van der Waals surface area contributed by atoms with Crippen LogP contribution in [0.4, 0.5) is 4.39 Å². The summed E-state index contributed by atoms with van der Waals surface area (Å²) in [4.78, 5) is 11.6. The number of halogens is 1. The highest BCUT2D eigenvalue weighted by Crippen LogP contribution is 2.20. The first kappa shape index (κ1) is 17.0. The van der Waals surface area contributed by atoms with E-state index >= 15 is 0 Å². The van der Waals surface area contributed by atoms with E-state index in [1.165, 1.54) is 12.1 Å². The van der Waals surface area contributed by atoms with Crippen LogP contribution >= 0.6 is 0 Å². The number of hydrogen-bond donors (Lipinski definition) is 1. The van der Waals surface area contributed by atoms with E-state index in [4.69, 9.17) is 4.74 Å². The molecule has 1 amide bonds. The van der Waals surface area contributed by atoms with Gasteiger partial charge in [-0.25, -0.2) is 4.39 Å². The van der Waals surface area contributed by atoms with Crippen molar-refractivity contribution in [1.29, 1.82) is 0 Å². The molecule has 5 nitrogen and oxygen atoms in total. The predicted octanol–water partition coefficient (Wildman–Crippen LogP) is 3.37. The second-order valence-corrected chi connectivity index (χ2v) is 5.80. The predicted molar refractivity (Wildman–Crippen MR) is 85.8 cm³/mol. The van der Waals surface area contributed by atoms with Crippen molar-refractivity contribution in [3.63, 3.8) is 0 Å². The maximum atomic E-state index is 12.8. The first-order valence-electron chi connectivity index (χ1n) is 7.75. The van der Waals surface area contributed by atoms with E-state index in [-0.39, 0.29) is 11.7 Å². The fourth-order valence-electron chi connectivity index (χ4n) is 1.97. The Balaban J connectivity index is 1.74. The molecule has 0 radical (unpaired) electrons. The van der Waals surface area contributed by atoms with Crippen molar-refractivity contribution >= 4 is 5.91 Å². The normalized spacial score (nSPS) is 10.8. The zero-order valence-corrected chi connectivity index (χ0v) is 13.5. The van der Waals surface area contributed by atoms with Crippen LogP contribution in [0.2, 0.25) is 0 Å². The van der Waals surface area contributed by atoms with Gasteiger partial charge in [0.15, 0.2) is 5.75 Å². The third kappa shape index (κ3) is 6.10.